The fourth-order valence-corrected chi connectivity index (χ4v) is 4.58. The van der Waals surface area contributed by atoms with E-state index >= 15 is 0 Å². The Kier molecular flexibility index (Phi) is 9.76. The molecule has 2 N–H and O–H groups in total. The van der Waals surface area contributed by atoms with E-state index in [4.69, 9.17) is 4.74 Å². The SMILES string of the molecule is CN=C(NCc1ccc2c(c1)CCCN2C)NCC(c1ccc(F)cc1)N1CCOCC1.I. The highest BCUT2D eigenvalue weighted by molar-refractivity contribution is 14.0. The van der Waals surface area contributed by atoms with Crippen molar-refractivity contribution in [3.05, 3.63) is 65.0 Å². The molecule has 4 rings (SSSR count). The van der Waals surface area contributed by atoms with Crippen LogP contribution in [0.15, 0.2) is 47.5 Å². The Morgan fingerprint density at radius 2 is 1.85 bits per heavy atom. The number of anilines is 1. The molecular weight excluding hydrogens is 532 g/mol. The minimum Gasteiger partial charge on any atom is -0.379 e. The highest BCUT2D eigenvalue weighted by Gasteiger charge is 2.23. The van der Waals surface area contributed by atoms with E-state index in [-0.39, 0.29) is 35.8 Å². The quantitative estimate of drug-likeness (QED) is 0.318. The summed E-state index contributed by atoms with van der Waals surface area (Å²) in [5.41, 5.74) is 5.11. The van der Waals surface area contributed by atoms with Crippen LogP contribution in [0.2, 0.25) is 0 Å². The molecule has 6 nitrogen and oxygen atoms in total. The van der Waals surface area contributed by atoms with Crippen molar-refractivity contribution in [2.45, 2.75) is 25.4 Å². The topological polar surface area (TPSA) is 52.1 Å². The van der Waals surface area contributed by atoms with E-state index in [9.17, 15) is 4.39 Å². The number of aliphatic imine (C=N–C) groups is 1. The number of benzene rings is 2. The molecule has 2 aliphatic heterocycles. The van der Waals surface area contributed by atoms with Gasteiger partial charge in [0, 0.05) is 52.5 Å². The molecule has 2 heterocycles. The predicted molar refractivity (Wildman–Crippen MR) is 143 cm³/mol. The number of hydrogen-bond acceptors (Lipinski definition) is 4. The zero-order valence-electron chi connectivity index (χ0n) is 19.5. The molecule has 1 atom stereocenters. The molecule has 1 saturated heterocycles. The third-order valence-corrected chi connectivity index (χ3v) is 6.38. The molecule has 0 radical (unpaired) electrons. The van der Waals surface area contributed by atoms with Crippen molar-refractivity contribution in [3.63, 3.8) is 0 Å². The first kappa shape index (κ1) is 25.7. The van der Waals surface area contributed by atoms with Gasteiger partial charge in [0.1, 0.15) is 5.82 Å². The Labute approximate surface area is 213 Å². The number of rotatable bonds is 6. The number of guanidine groups is 1. The van der Waals surface area contributed by atoms with Gasteiger partial charge < -0.3 is 20.3 Å². The first-order valence-electron chi connectivity index (χ1n) is 11.5. The lowest BCUT2D eigenvalue weighted by Gasteiger charge is -2.35. The monoisotopic (exact) mass is 567 g/mol. The maximum Gasteiger partial charge on any atom is 0.191 e. The van der Waals surface area contributed by atoms with E-state index in [1.807, 2.05) is 12.1 Å². The number of ether oxygens (including phenoxy) is 1. The molecule has 180 valence electrons. The number of halogens is 2. The molecule has 2 aromatic rings. The highest BCUT2D eigenvalue weighted by atomic mass is 127. The second-order valence-electron chi connectivity index (χ2n) is 8.51. The van der Waals surface area contributed by atoms with Crippen LogP contribution in [0.3, 0.4) is 0 Å². The standard InChI is InChI=1S/C25H34FN5O.HI/c1-27-25(28-17-19-5-10-23-21(16-19)4-3-11-30(23)2)29-18-24(31-12-14-32-15-13-31)20-6-8-22(26)9-7-20;/h5-10,16,24H,3-4,11-15,17-18H2,1-2H3,(H2,27,28,29);1H. The van der Waals surface area contributed by atoms with Crippen molar-refractivity contribution in [2.24, 2.45) is 4.99 Å². The largest absolute Gasteiger partial charge is 0.379 e. The summed E-state index contributed by atoms with van der Waals surface area (Å²) in [6.07, 6.45) is 2.34. The summed E-state index contributed by atoms with van der Waals surface area (Å²) in [4.78, 5) is 9.13. The van der Waals surface area contributed by atoms with Gasteiger partial charge in [0.2, 0.25) is 0 Å². The average Bonchev–Trinajstić information content (AvgIpc) is 2.83. The molecule has 1 unspecified atom stereocenters. The Hall–Kier alpha value is -1.91. The summed E-state index contributed by atoms with van der Waals surface area (Å²) in [6, 6.07) is 13.7. The number of nitrogens with zero attached hydrogens (tertiary/aromatic N) is 3. The smallest absolute Gasteiger partial charge is 0.191 e. The van der Waals surface area contributed by atoms with Crippen LogP contribution in [0.25, 0.3) is 0 Å². The minimum atomic E-state index is -0.212. The summed E-state index contributed by atoms with van der Waals surface area (Å²) in [5, 5.41) is 6.92. The van der Waals surface area contributed by atoms with Crippen LogP contribution in [0, 0.1) is 5.82 Å². The number of hydrogen-bond donors (Lipinski definition) is 2. The molecule has 1 fully saturated rings. The summed E-state index contributed by atoms with van der Waals surface area (Å²) in [5.74, 6) is 0.552. The van der Waals surface area contributed by atoms with Crippen LogP contribution in [0.4, 0.5) is 10.1 Å². The Morgan fingerprint density at radius 3 is 2.58 bits per heavy atom. The lowest BCUT2D eigenvalue weighted by atomic mass is 9.99. The van der Waals surface area contributed by atoms with Crippen LogP contribution < -0.4 is 15.5 Å². The number of aryl methyl sites for hydroxylation is 1. The molecule has 0 spiro atoms. The fourth-order valence-electron chi connectivity index (χ4n) is 4.58. The van der Waals surface area contributed by atoms with Crippen LogP contribution in [-0.4, -0.2) is 64.3 Å². The zero-order valence-corrected chi connectivity index (χ0v) is 21.8. The van der Waals surface area contributed by atoms with Crippen LogP contribution in [0.1, 0.15) is 29.2 Å². The normalized spacial score (nSPS) is 17.7. The molecule has 8 heteroatoms. The van der Waals surface area contributed by atoms with Crippen molar-refractivity contribution in [3.8, 4) is 0 Å². The summed E-state index contributed by atoms with van der Waals surface area (Å²) in [7, 11) is 3.95. The van der Waals surface area contributed by atoms with Crippen molar-refractivity contribution in [2.75, 3.05) is 58.4 Å². The first-order valence-corrected chi connectivity index (χ1v) is 11.5. The number of morpholine rings is 1. The van der Waals surface area contributed by atoms with Gasteiger partial charge in [0.05, 0.1) is 19.3 Å². The molecule has 2 aromatic carbocycles. The molecule has 0 amide bonds. The summed E-state index contributed by atoms with van der Waals surface area (Å²) >= 11 is 0. The lowest BCUT2D eigenvalue weighted by Crippen LogP contribution is -2.46. The maximum atomic E-state index is 13.5. The van der Waals surface area contributed by atoms with Crippen molar-refractivity contribution < 1.29 is 9.13 Å². The van der Waals surface area contributed by atoms with E-state index < -0.39 is 0 Å². The van der Waals surface area contributed by atoms with Gasteiger partial charge in [-0.05, 0) is 47.7 Å². The third kappa shape index (κ3) is 6.80. The third-order valence-electron chi connectivity index (χ3n) is 6.38. The van der Waals surface area contributed by atoms with E-state index in [0.29, 0.717) is 6.54 Å². The van der Waals surface area contributed by atoms with E-state index in [0.717, 1.165) is 57.3 Å². The zero-order chi connectivity index (χ0) is 22.3. The van der Waals surface area contributed by atoms with Crippen molar-refractivity contribution >= 4 is 35.6 Å². The average molecular weight is 567 g/mol. The van der Waals surface area contributed by atoms with Crippen LogP contribution >= 0.6 is 24.0 Å². The molecule has 0 saturated carbocycles. The fraction of sp³-hybridized carbons (Fsp3) is 0.480. The van der Waals surface area contributed by atoms with E-state index in [1.165, 1.54) is 35.4 Å². The molecule has 0 aromatic heterocycles. The van der Waals surface area contributed by atoms with Gasteiger partial charge in [-0.3, -0.25) is 9.89 Å². The van der Waals surface area contributed by atoms with Gasteiger partial charge in [0.25, 0.3) is 0 Å². The Morgan fingerprint density at radius 1 is 1.09 bits per heavy atom. The minimum absolute atomic E-state index is 0. The van der Waals surface area contributed by atoms with Gasteiger partial charge in [0.15, 0.2) is 5.96 Å². The van der Waals surface area contributed by atoms with Gasteiger partial charge >= 0.3 is 0 Å². The van der Waals surface area contributed by atoms with Crippen LogP contribution in [-0.2, 0) is 17.7 Å². The Balaban J connectivity index is 0.00000306. The van der Waals surface area contributed by atoms with Crippen molar-refractivity contribution in [1.82, 2.24) is 15.5 Å². The second-order valence-corrected chi connectivity index (χ2v) is 8.51. The summed E-state index contributed by atoms with van der Waals surface area (Å²) < 4.78 is 19.0. The Bertz CT molecular complexity index is 918. The molecule has 33 heavy (non-hydrogen) atoms. The predicted octanol–water partition coefficient (Wildman–Crippen LogP) is 3.56. The van der Waals surface area contributed by atoms with Gasteiger partial charge in [-0.2, -0.15) is 0 Å². The molecule has 0 aliphatic carbocycles. The lowest BCUT2D eigenvalue weighted by molar-refractivity contribution is 0.0170. The van der Waals surface area contributed by atoms with E-state index in [1.54, 1.807) is 7.05 Å². The summed E-state index contributed by atoms with van der Waals surface area (Å²) in [6.45, 7) is 5.68. The van der Waals surface area contributed by atoms with Crippen molar-refractivity contribution in [1.29, 1.82) is 0 Å². The van der Waals surface area contributed by atoms with E-state index in [2.05, 4.69) is 50.7 Å². The maximum absolute atomic E-state index is 13.5. The molecular formula is C25H35FIN5O. The van der Waals surface area contributed by atoms with Gasteiger partial charge in [-0.25, -0.2) is 4.39 Å². The number of nitrogens with one attached hydrogen (secondary N) is 2. The van der Waals surface area contributed by atoms with Gasteiger partial charge in [-0.1, -0.05) is 24.3 Å². The van der Waals surface area contributed by atoms with Crippen LogP contribution in [0.5, 0.6) is 0 Å². The highest BCUT2D eigenvalue weighted by Crippen LogP contribution is 2.27. The second kappa shape index (κ2) is 12.5. The molecule has 2 aliphatic rings. The molecule has 0 bridgehead atoms. The first-order chi connectivity index (χ1) is 15.6. The van der Waals surface area contributed by atoms with Gasteiger partial charge in [-0.15, -0.1) is 24.0 Å². The number of fused-ring (bicyclic) bond motifs is 1.